The zero-order chi connectivity index (χ0) is 14.0. The quantitative estimate of drug-likeness (QED) is 0.875. The van der Waals surface area contributed by atoms with E-state index in [1.807, 2.05) is 11.5 Å². The number of rotatable bonds is 3. The van der Waals surface area contributed by atoms with Crippen LogP contribution in [0.1, 0.15) is 44.1 Å². The predicted molar refractivity (Wildman–Crippen MR) is 75.0 cm³/mol. The molecule has 1 atom stereocenters. The summed E-state index contributed by atoms with van der Waals surface area (Å²) < 4.78 is 7.53. The topological polar surface area (TPSA) is 69.3 Å². The van der Waals surface area contributed by atoms with Crippen LogP contribution < -0.4 is 11.1 Å². The fourth-order valence-corrected chi connectivity index (χ4v) is 2.60. The number of carbonyl (C=O) groups excluding carboxylic acids is 1. The summed E-state index contributed by atoms with van der Waals surface area (Å²) >= 11 is 0. The number of ether oxygens (including phenoxy) is 1. The van der Waals surface area contributed by atoms with Gasteiger partial charge in [0.2, 0.25) is 0 Å². The summed E-state index contributed by atoms with van der Waals surface area (Å²) in [6.45, 7) is 7.53. The molecule has 2 rings (SSSR count). The Hall–Kier alpha value is -1.49. The van der Waals surface area contributed by atoms with Gasteiger partial charge in [0.05, 0.1) is 11.3 Å². The summed E-state index contributed by atoms with van der Waals surface area (Å²) in [5, 5.41) is 3.08. The van der Waals surface area contributed by atoms with E-state index in [9.17, 15) is 4.79 Å². The maximum atomic E-state index is 12.3. The summed E-state index contributed by atoms with van der Waals surface area (Å²) in [6.07, 6.45) is 3.49. The van der Waals surface area contributed by atoms with E-state index in [2.05, 4.69) is 19.2 Å². The van der Waals surface area contributed by atoms with Crippen molar-refractivity contribution in [2.45, 2.75) is 51.8 Å². The molecule has 5 nitrogen and oxygen atoms in total. The average Bonchev–Trinajstić information content (AvgIpc) is 2.69. The van der Waals surface area contributed by atoms with Crippen molar-refractivity contribution >= 4 is 11.6 Å². The Balaban J connectivity index is 2.04. The van der Waals surface area contributed by atoms with E-state index in [1.54, 1.807) is 12.3 Å². The van der Waals surface area contributed by atoms with Crippen molar-refractivity contribution in [1.82, 2.24) is 9.88 Å². The maximum absolute atomic E-state index is 12.3. The minimum Gasteiger partial charge on any atom is -0.397 e. The summed E-state index contributed by atoms with van der Waals surface area (Å²) in [5.74, 6) is -0.0544. The standard InChI is InChI=1S/C14H23N3O2/c1-4-17-9-10(15)7-12(17)13(18)16-11-5-6-19-14(2,3)8-11/h7,9,11H,4-6,8,15H2,1-3H3,(H,16,18). The van der Waals surface area contributed by atoms with Crippen LogP contribution in [0, 0.1) is 0 Å². The largest absolute Gasteiger partial charge is 0.397 e. The number of hydrogen-bond donors (Lipinski definition) is 2. The molecule has 1 unspecified atom stereocenters. The highest BCUT2D eigenvalue weighted by Crippen LogP contribution is 2.24. The van der Waals surface area contributed by atoms with Crippen molar-refractivity contribution in [3.63, 3.8) is 0 Å². The Bertz CT molecular complexity index is 465. The van der Waals surface area contributed by atoms with Gasteiger partial charge in [-0.25, -0.2) is 0 Å². The van der Waals surface area contributed by atoms with Crippen LogP contribution in [0.25, 0.3) is 0 Å². The summed E-state index contributed by atoms with van der Waals surface area (Å²) in [4.78, 5) is 12.3. The molecule has 0 spiro atoms. The number of nitrogens with two attached hydrogens (primary N) is 1. The predicted octanol–water partition coefficient (Wildman–Crippen LogP) is 1.78. The minimum absolute atomic E-state index is 0.0544. The van der Waals surface area contributed by atoms with Crippen LogP contribution in [0.5, 0.6) is 0 Å². The van der Waals surface area contributed by atoms with Crippen LogP contribution in [-0.4, -0.2) is 28.7 Å². The van der Waals surface area contributed by atoms with Crippen molar-refractivity contribution in [2.75, 3.05) is 12.3 Å². The molecule has 0 bridgehead atoms. The molecule has 5 heteroatoms. The molecule has 1 fully saturated rings. The highest BCUT2D eigenvalue weighted by molar-refractivity contribution is 5.94. The number of nitrogens with zero attached hydrogens (tertiary/aromatic N) is 1. The molecule has 1 aromatic rings. The average molecular weight is 265 g/mol. The van der Waals surface area contributed by atoms with Crippen LogP contribution in [0.2, 0.25) is 0 Å². The third-order valence-corrected chi connectivity index (χ3v) is 3.52. The first-order chi connectivity index (χ1) is 8.91. The fraction of sp³-hybridized carbons (Fsp3) is 0.643. The van der Waals surface area contributed by atoms with Gasteiger partial charge in [-0.05, 0) is 39.7 Å². The van der Waals surface area contributed by atoms with Crippen LogP contribution in [0.3, 0.4) is 0 Å². The smallest absolute Gasteiger partial charge is 0.268 e. The zero-order valence-electron chi connectivity index (χ0n) is 11.9. The number of anilines is 1. The van der Waals surface area contributed by atoms with Gasteiger partial charge >= 0.3 is 0 Å². The van der Waals surface area contributed by atoms with E-state index in [-0.39, 0.29) is 17.6 Å². The molecule has 106 valence electrons. The van der Waals surface area contributed by atoms with E-state index in [0.29, 0.717) is 18.0 Å². The molecule has 1 amide bonds. The van der Waals surface area contributed by atoms with Gasteiger partial charge in [0.1, 0.15) is 5.69 Å². The monoisotopic (exact) mass is 265 g/mol. The molecule has 1 aromatic heterocycles. The van der Waals surface area contributed by atoms with Crippen molar-refractivity contribution in [3.05, 3.63) is 18.0 Å². The van der Waals surface area contributed by atoms with Crippen molar-refractivity contribution < 1.29 is 9.53 Å². The number of aryl methyl sites for hydroxylation is 1. The Kier molecular flexibility index (Phi) is 3.85. The van der Waals surface area contributed by atoms with Crippen molar-refractivity contribution in [3.8, 4) is 0 Å². The molecular formula is C14H23N3O2. The SMILES string of the molecule is CCn1cc(N)cc1C(=O)NC1CCOC(C)(C)C1. The molecule has 0 saturated carbocycles. The highest BCUT2D eigenvalue weighted by Gasteiger charge is 2.30. The Morgan fingerprint density at radius 2 is 2.37 bits per heavy atom. The first-order valence-corrected chi connectivity index (χ1v) is 6.82. The number of nitrogens with one attached hydrogen (secondary N) is 1. The molecule has 3 N–H and O–H groups in total. The van der Waals surface area contributed by atoms with Gasteiger partial charge in [0, 0.05) is 25.4 Å². The molecule has 2 heterocycles. The number of nitrogen functional groups attached to an aromatic ring is 1. The second kappa shape index (κ2) is 5.25. The summed E-state index contributed by atoms with van der Waals surface area (Å²) in [6, 6.07) is 1.89. The van der Waals surface area contributed by atoms with Crippen molar-refractivity contribution in [1.29, 1.82) is 0 Å². The molecule has 0 aliphatic carbocycles. The van der Waals surface area contributed by atoms with E-state index >= 15 is 0 Å². The maximum Gasteiger partial charge on any atom is 0.268 e. The molecule has 1 aliphatic heterocycles. The molecule has 1 saturated heterocycles. The Labute approximate surface area is 114 Å². The number of carbonyl (C=O) groups is 1. The molecule has 1 aliphatic rings. The number of hydrogen-bond acceptors (Lipinski definition) is 3. The normalized spacial score (nSPS) is 22.2. The van der Waals surface area contributed by atoms with Gasteiger partial charge in [-0.3, -0.25) is 4.79 Å². The van der Waals surface area contributed by atoms with E-state index in [1.165, 1.54) is 0 Å². The lowest BCUT2D eigenvalue weighted by molar-refractivity contribution is -0.0615. The van der Waals surface area contributed by atoms with Gasteiger partial charge in [-0.2, -0.15) is 0 Å². The lowest BCUT2D eigenvalue weighted by Crippen LogP contribution is -2.46. The van der Waals surface area contributed by atoms with E-state index < -0.39 is 0 Å². The lowest BCUT2D eigenvalue weighted by atomic mass is 9.94. The molecule has 19 heavy (non-hydrogen) atoms. The van der Waals surface area contributed by atoms with Gasteiger partial charge < -0.3 is 20.4 Å². The molecule has 0 radical (unpaired) electrons. The first-order valence-electron chi connectivity index (χ1n) is 6.82. The number of amides is 1. The van der Waals surface area contributed by atoms with Crippen LogP contribution in [0.4, 0.5) is 5.69 Å². The lowest BCUT2D eigenvalue weighted by Gasteiger charge is -2.35. The van der Waals surface area contributed by atoms with Gasteiger partial charge in [0.25, 0.3) is 5.91 Å². The number of aromatic nitrogens is 1. The molecule has 0 aromatic carbocycles. The van der Waals surface area contributed by atoms with E-state index in [0.717, 1.165) is 19.4 Å². The van der Waals surface area contributed by atoms with Crippen molar-refractivity contribution in [2.24, 2.45) is 0 Å². The first kappa shape index (κ1) is 13.9. The minimum atomic E-state index is -0.165. The Morgan fingerprint density at radius 1 is 1.63 bits per heavy atom. The van der Waals surface area contributed by atoms with Crippen LogP contribution in [-0.2, 0) is 11.3 Å². The van der Waals surface area contributed by atoms with Gasteiger partial charge in [0.15, 0.2) is 0 Å². The second-order valence-corrected chi connectivity index (χ2v) is 5.72. The van der Waals surface area contributed by atoms with Crippen LogP contribution in [0.15, 0.2) is 12.3 Å². The highest BCUT2D eigenvalue weighted by atomic mass is 16.5. The second-order valence-electron chi connectivity index (χ2n) is 5.72. The summed E-state index contributed by atoms with van der Waals surface area (Å²) in [5.41, 5.74) is 6.84. The fourth-order valence-electron chi connectivity index (χ4n) is 2.60. The third-order valence-electron chi connectivity index (χ3n) is 3.52. The zero-order valence-corrected chi connectivity index (χ0v) is 11.9. The summed E-state index contributed by atoms with van der Waals surface area (Å²) in [7, 11) is 0. The Morgan fingerprint density at radius 3 is 3.00 bits per heavy atom. The third kappa shape index (κ3) is 3.29. The molecular weight excluding hydrogens is 242 g/mol. The van der Waals surface area contributed by atoms with E-state index in [4.69, 9.17) is 10.5 Å². The van der Waals surface area contributed by atoms with Crippen LogP contribution >= 0.6 is 0 Å². The van der Waals surface area contributed by atoms with Gasteiger partial charge in [-0.1, -0.05) is 0 Å². The van der Waals surface area contributed by atoms with Gasteiger partial charge in [-0.15, -0.1) is 0 Å².